The fourth-order valence-corrected chi connectivity index (χ4v) is 2.57. The number of hydrogen-bond donors (Lipinski definition) is 0. The molecule has 3 nitrogen and oxygen atoms in total. The van der Waals surface area contributed by atoms with Gasteiger partial charge in [-0.2, -0.15) is 8.42 Å². The minimum Gasteiger partial charge on any atom is -0.378 e. The molecule has 0 aromatic heterocycles. The van der Waals surface area contributed by atoms with Crippen LogP contribution in [0.4, 0.5) is 0 Å². The number of benzene rings is 2. The molecule has 0 bridgehead atoms. The van der Waals surface area contributed by atoms with Crippen molar-refractivity contribution in [2.24, 2.45) is 0 Å². The van der Waals surface area contributed by atoms with E-state index < -0.39 is 10.1 Å². The Morgan fingerprint density at radius 3 is 2.35 bits per heavy atom. The maximum Gasteiger partial charge on any atom is 0.332 e. The molecule has 20 heavy (non-hydrogen) atoms. The molecule has 0 aliphatic carbocycles. The van der Waals surface area contributed by atoms with Crippen LogP contribution in [0.25, 0.3) is 6.08 Å². The Morgan fingerprint density at radius 2 is 1.65 bits per heavy atom. The zero-order valence-corrected chi connectivity index (χ0v) is 12.5. The molecule has 0 heterocycles. The van der Waals surface area contributed by atoms with Crippen molar-refractivity contribution in [2.45, 2.75) is 0 Å². The van der Waals surface area contributed by atoms with Gasteiger partial charge in [0.2, 0.25) is 0 Å². The van der Waals surface area contributed by atoms with Crippen molar-refractivity contribution in [1.29, 1.82) is 0 Å². The molecule has 104 valence electrons. The lowest BCUT2D eigenvalue weighted by Gasteiger charge is -2.06. The minimum absolute atomic E-state index is 0.00289. The first-order valence-electron chi connectivity index (χ1n) is 5.59. The van der Waals surface area contributed by atoms with E-state index in [0.29, 0.717) is 0 Å². The smallest absolute Gasteiger partial charge is 0.332 e. The number of halogens is 2. The van der Waals surface area contributed by atoms with Gasteiger partial charge in [0.1, 0.15) is 5.02 Å². The van der Waals surface area contributed by atoms with E-state index in [1.165, 1.54) is 12.1 Å². The summed E-state index contributed by atoms with van der Waals surface area (Å²) in [5.41, 5.74) is 0.747. The van der Waals surface area contributed by atoms with E-state index in [0.717, 1.165) is 11.0 Å². The molecule has 2 rings (SSSR count). The van der Waals surface area contributed by atoms with Gasteiger partial charge in [-0.3, -0.25) is 0 Å². The Labute approximate surface area is 127 Å². The minimum atomic E-state index is -3.90. The summed E-state index contributed by atoms with van der Waals surface area (Å²) >= 11 is 11.7. The van der Waals surface area contributed by atoms with Gasteiger partial charge in [-0.15, -0.1) is 0 Å². The highest BCUT2D eigenvalue weighted by molar-refractivity contribution is 7.90. The molecule has 2 aromatic carbocycles. The van der Waals surface area contributed by atoms with E-state index in [1.807, 2.05) is 6.07 Å². The van der Waals surface area contributed by atoms with Gasteiger partial charge in [0.25, 0.3) is 0 Å². The largest absolute Gasteiger partial charge is 0.378 e. The van der Waals surface area contributed by atoms with Crippen LogP contribution in [0.3, 0.4) is 0 Å². The molecule has 0 spiro atoms. The maximum atomic E-state index is 11.8. The third-order valence-electron chi connectivity index (χ3n) is 2.35. The van der Waals surface area contributed by atoms with Crippen LogP contribution < -0.4 is 4.18 Å². The maximum absolute atomic E-state index is 11.8. The predicted molar refractivity (Wildman–Crippen MR) is 81.5 cm³/mol. The first-order valence-corrected chi connectivity index (χ1v) is 7.82. The van der Waals surface area contributed by atoms with E-state index in [2.05, 4.69) is 0 Å². The van der Waals surface area contributed by atoms with Crippen LogP contribution in [0, 0.1) is 0 Å². The molecule has 2 aromatic rings. The Morgan fingerprint density at radius 1 is 0.950 bits per heavy atom. The molecule has 0 unspecified atom stereocenters. The summed E-state index contributed by atoms with van der Waals surface area (Å²) in [6.07, 6.45) is 1.44. The summed E-state index contributed by atoms with van der Waals surface area (Å²) in [4.78, 5) is 0. The molecule has 0 atom stereocenters. The normalized spacial score (nSPS) is 11.7. The first kappa shape index (κ1) is 14.9. The standard InChI is InChI=1S/C14H10Cl2O3S/c15-12-7-4-8-13(14(12)16)19-20(17,18)10-9-11-5-2-1-3-6-11/h1-10H/b10-9+. The SMILES string of the molecule is O=S(=O)(/C=C/c1ccccc1)Oc1cccc(Cl)c1Cl. The molecule has 0 radical (unpaired) electrons. The fourth-order valence-electron chi connectivity index (χ4n) is 1.43. The average molecular weight is 329 g/mol. The highest BCUT2D eigenvalue weighted by atomic mass is 35.5. The molecular formula is C14H10Cl2O3S. The van der Waals surface area contributed by atoms with Crippen molar-refractivity contribution in [1.82, 2.24) is 0 Å². The van der Waals surface area contributed by atoms with Gasteiger partial charge in [-0.25, -0.2) is 0 Å². The van der Waals surface area contributed by atoms with Crippen molar-refractivity contribution < 1.29 is 12.6 Å². The third kappa shape index (κ3) is 4.00. The van der Waals surface area contributed by atoms with Gasteiger partial charge in [0, 0.05) is 0 Å². The zero-order valence-electron chi connectivity index (χ0n) is 10.2. The molecule has 6 heteroatoms. The van der Waals surface area contributed by atoms with Gasteiger partial charge in [-0.05, 0) is 23.8 Å². The number of hydrogen-bond acceptors (Lipinski definition) is 3. The molecule has 0 aliphatic rings. The summed E-state index contributed by atoms with van der Waals surface area (Å²) < 4.78 is 28.6. The van der Waals surface area contributed by atoms with Crippen LogP contribution in [0.2, 0.25) is 10.0 Å². The van der Waals surface area contributed by atoms with Crippen molar-refractivity contribution in [3.8, 4) is 5.75 Å². The van der Waals surface area contributed by atoms with Gasteiger partial charge < -0.3 is 4.18 Å². The molecule has 0 fully saturated rings. The molecule has 0 saturated heterocycles. The van der Waals surface area contributed by atoms with E-state index in [9.17, 15) is 8.42 Å². The number of rotatable bonds is 4. The second-order valence-electron chi connectivity index (χ2n) is 3.84. The molecular weight excluding hydrogens is 319 g/mol. The van der Waals surface area contributed by atoms with Crippen LogP contribution in [0.15, 0.2) is 53.9 Å². The zero-order chi connectivity index (χ0) is 14.6. The average Bonchev–Trinajstić information content (AvgIpc) is 2.43. The van der Waals surface area contributed by atoms with Crippen molar-refractivity contribution in [2.75, 3.05) is 0 Å². The van der Waals surface area contributed by atoms with Crippen molar-refractivity contribution >= 4 is 39.4 Å². The summed E-state index contributed by atoms with van der Waals surface area (Å²) in [6.45, 7) is 0. The summed E-state index contributed by atoms with van der Waals surface area (Å²) in [7, 11) is -3.90. The van der Waals surface area contributed by atoms with Crippen LogP contribution in [0.1, 0.15) is 5.56 Å². The van der Waals surface area contributed by atoms with Crippen LogP contribution in [-0.4, -0.2) is 8.42 Å². The van der Waals surface area contributed by atoms with Crippen LogP contribution in [0.5, 0.6) is 5.75 Å². The lowest BCUT2D eigenvalue weighted by atomic mass is 10.2. The van der Waals surface area contributed by atoms with Crippen LogP contribution in [-0.2, 0) is 10.1 Å². The molecule has 0 N–H and O–H groups in total. The van der Waals surface area contributed by atoms with E-state index in [4.69, 9.17) is 27.4 Å². The van der Waals surface area contributed by atoms with Crippen molar-refractivity contribution in [3.05, 3.63) is 69.5 Å². The highest BCUT2D eigenvalue weighted by Crippen LogP contribution is 2.32. The summed E-state index contributed by atoms with van der Waals surface area (Å²) in [6, 6.07) is 13.5. The second kappa shape index (κ2) is 6.31. The van der Waals surface area contributed by atoms with E-state index >= 15 is 0 Å². The van der Waals surface area contributed by atoms with Gasteiger partial charge >= 0.3 is 10.1 Å². The first-order chi connectivity index (χ1) is 9.48. The molecule has 0 saturated carbocycles. The Hall–Kier alpha value is -1.49. The summed E-state index contributed by atoms with van der Waals surface area (Å²) in [5.74, 6) is -0.00289. The van der Waals surface area contributed by atoms with Crippen molar-refractivity contribution in [3.63, 3.8) is 0 Å². The Bertz CT molecular complexity index is 725. The topological polar surface area (TPSA) is 43.4 Å². The quantitative estimate of drug-likeness (QED) is 0.782. The van der Waals surface area contributed by atoms with E-state index in [-0.39, 0.29) is 15.8 Å². The lowest BCUT2D eigenvalue weighted by Crippen LogP contribution is -2.05. The Kier molecular flexibility index (Phi) is 4.70. The predicted octanol–water partition coefficient (Wildman–Crippen LogP) is 4.37. The van der Waals surface area contributed by atoms with Gasteiger partial charge in [0.15, 0.2) is 5.75 Å². The molecule has 0 aliphatic heterocycles. The Balaban J connectivity index is 2.20. The fraction of sp³-hybridized carbons (Fsp3) is 0. The van der Waals surface area contributed by atoms with Crippen LogP contribution >= 0.6 is 23.2 Å². The van der Waals surface area contributed by atoms with Gasteiger partial charge in [-0.1, -0.05) is 59.6 Å². The van der Waals surface area contributed by atoms with E-state index in [1.54, 1.807) is 36.4 Å². The third-order valence-corrected chi connectivity index (χ3v) is 4.03. The molecule has 0 amide bonds. The monoisotopic (exact) mass is 328 g/mol. The lowest BCUT2D eigenvalue weighted by molar-refractivity contribution is 0.497. The summed E-state index contributed by atoms with van der Waals surface area (Å²) in [5, 5.41) is 1.26. The second-order valence-corrected chi connectivity index (χ2v) is 6.05. The van der Waals surface area contributed by atoms with Gasteiger partial charge in [0.05, 0.1) is 10.4 Å². The highest BCUT2D eigenvalue weighted by Gasteiger charge is 2.13.